The number of hydrogen-bond donors (Lipinski definition) is 1. The Labute approximate surface area is 110 Å². The largest absolute Gasteiger partial charge is 0.465 e. The second-order valence-corrected chi connectivity index (χ2v) is 4.02. The molecule has 16 heavy (non-hydrogen) atoms. The minimum atomic E-state index is -0.488. The molecule has 0 bridgehead atoms. The summed E-state index contributed by atoms with van der Waals surface area (Å²) in [5.41, 5.74) is -0.488. The van der Waals surface area contributed by atoms with Gasteiger partial charge in [0, 0.05) is 26.2 Å². The maximum Gasteiger partial charge on any atom is 0.325 e. The van der Waals surface area contributed by atoms with Crippen LogP contribution >= 0.6 is 24.8 Å². The molecule has 1 aliphatic heterocycles. The molecule has 1 heterocycles. The lowest BCUT2D eigenvalue weighted by Crippen LogP contribution is -2.57. The number of esters is 1. The zero-order valence-corrected chi connectivity index (χ0v) is 11.7. The van der Waals surface area contributed by atoms with Gasteiger partial charge in [-0.05, 0) is 20.8 Å². The molecule has 98 valence electrons. The highest BCUT2D eigenvalue weighted by atomic mass is 35.5. The minimum Gasteiger partial charge on any atom is -0.465 e. The average Bonchev–Trinajstić information content (AvgIpc) is 2.19. The van der Waals surface area contributed by atoms with Crippen molar-refractivity contribution < 1.29 is 9.53 Å². The summed E-state index contributed by atoms with van der Waals surface area (Å²) < 4.78 is 5.06. The molecule has 1 rings (SSSR count). The molecule has 1 saturated heterocycles. The number of carbonyl (C=O) groups excluding carboxylic acids is 1. The van der Waals surface area contributed by atoms with E-state index >= 15 is 0 Å². The molecule has 4 nitrogen and oxygen atoms in total. The number of piperazine rings is 1. The average molecular weight is 273 g/mol. The Morgan fingerprint density at radius 1 is 1.31 bits per heavy atom. The van der Waals surface area contributed by atoms with E-state index in [1.165, 1.54) is 0 Å². The van der Waals surface area contributed by atoms with Gasteiger partial charge in [0.05, 0.1) is 6.61 Å². The highest BCUT2D eigenvalue weighted by Crippen LogP contribution is 2.16. The van der Waals surface area contributed by atoms with Crippen LogP contribution in [0, 0.1) is 0 Å². The SMILES string of the molecule is CCOC(=O)C(C)(C)N1CCNCC1.Cl.Cl. The van der Waals surface area contributed by atoms with Crippen LogP contribution in [0.1, 0.15) is 20.8 Å². The molecule has 1 aliphatic rings. The first kappa shape index (κ1) is 18.3. The normalized spacial score (nSPS) is 16.9. The van der Waals surface area contributed by atoms with Crippen molar-refractivity contribution in [3.63, 3.8) is 0 Å². The highest BCUT2D eigenvalue weighted by Gasteiger charge is 2.36. The lowest BCUT2D eigenvalue weighted by atomic mass is 10.0. The Kier molecular flexibility index (Phi) is 9.30. The molecule has 0 amide bonds. The molecule has 0 aliphatic carbocycles. The van der Waals surface area contributed by atoms with Gasteiger partial charge in [0.1, 0.15) is 5.54 Å². The molecule has 6 heteroatoms. The Balaban J connectivity index is 0. The fourth-order valence-electron chi connectivity index (χ4n) is 1.66. The van der Waals surface area contributed by atoms with Crippen LogP contribution in [0.25, 0.3) is 0 Å². The van der Waals surface area contributed by atoms with Crippen LogP contribution in [0.2, 0.25) is 0 Å². The maximum absolute atomic E-state index is 11.7. The van der Waals surface area contributed by atoms with E-state index < -0.39 is 5.54 Å². The second-order valence-electron chi connectivity index (χ2n) is 4.02. The second kappa shape index (κ2) is 8.12. The summed E-state index contributed by atoms with van der Waals surface area (Å²) in [5.74, 6) is -0.123. The quantitative estimate of drug-likeness (QED) is 0.781. The molecule has 0 atom stereocenters. The molecule has 1 N–H and O–H groups in total. The topological polar surface area (TPSA) is 41.6 Å². The van der Waals surface area contributed by atoms with E-state index in [2.05, 4.69) is 10.2 Å². The Bertz CT molecular complexity index is 207. The number of halogens is 2. The van der Waals surface area contributed by atoms with Crippen molar-refractivity contribution in [1.29, 1.82) is 0 Å². The molecular formula is C10H22Cl2N2O2. The monoisotopic (exact) mass is 272 g/mol. The molecule has 0 aromatic heterocycles. The summed E-state index contributed by atoms with van der Waals surface area (Å²) in [6.45, 7) is 9.86. The van der Waals surface area contributed by atoms with Crippen LogP contribution in [0.5, 0.6) is 0 Å². The van der Waals surface area contributed by atoms with Gasteiger partial charge in [-0.1, -0.05) is 0 Å². The Hall–Kier alpha value is -0.0300. The molecule has 1 fully saturated rings. The standard InChI is InChI=1S/C10H20N2O2.2ClH/c1-4-14-9(13)10(2,3)12-7-5-11-6-8-12;;/h11H,4-8H2,1-3H3;2*1H. The van der Waals surface area contributed by atoms with Crippen LogP contribution in [-0.2, 0) is 9.53 Å². The molecule has 0 unspecified atom stereocenters. The van der Waals surface area contributed by atoms with Gasteiger partial charge in [-0.2, -0.15) is 0 Å². The Morgan fingerprint density at radius 2 is 1.81 bits per heavy atom. The number of rotatable bonds is 3. The summed E-state index contributed by atoms with van der Waals surface area (Å²) in [6.07, 6.45) is 0. The van der Waals surface area contributed by atoms with Crippen molar-refractivity contribution in [2.75, 3.05) is 32.8 Å². The van der Waals surface area contributed by atoms with Gasteiger partial charge in [0.2, 0.25) is 0 Å². The van der Waals surface area contributed by atoms with Crippen molar-refractivity contribution in [3.05, 3.63) is 0 Å². The number of nitrogens with one attached hydrogen (secondary N) is 1. The fraction of sp³-hybridized carbons (Fsp3) is 0.900. The summed E-state index contributed by atoms with van der Waals surface area (Å²) in [6, 6.07) is 0. The molecule has 0 radical (unpaired) electrons. The number of ether oxygens (including phenoxy) is 1. The maximum atomic E-state index is 11.7. The summed E-state index contributed by atoms with van der Waals surface area (Å²) in [4.78, 5) is 13.8. The van der Waals surface area contributed by atoms with Gasteiger partial charge in [0.25, 0.3) is 0 Å². The Morgan fingerprint density at radius 3 is 2.25 bits per heavy atom. The van der Waals surface area contributed by atoms with E-state index in [1.54, 1.807) is 0 Å². The predicted octanol–water partition coefficient (Wildman–Crippen LogP) is 1.08. The first-order valence-corrected chi connectivity index (χ1v) is 5.22. The number of nitrogens with zero attached hydrogens (tertiary/aromatic N) is 1. The molecule has 0 saturated carbocycles. The van der Waals surface area contributed by atoms with Gasteiger partial charge >= 0.3 is 5.97 Å². The van der Waals surface area contributed by atoms with Crippen LogP contribution in [0.3, 0.4) is 0 Å². The van der Waals surface area contributed by atoms with E-state index in [1.807, 2.05) is 20.8 Å². The summed E-state index contributed by atoms with van der Waals surface area (Å²) in [7, 11) is 0. The van der Waals surface area contributed by atoms with Gasteiger partial charge in [-0.15, -0.1) is 24.8 Å². The van der Waals surface area contributed by atoms with E-state index in [9.17, 15) is 4.79 Å². The van der Waals surface area contributed by atoms with Crippen molar-refractivity contribution >= 4 is 30.8 Å². The summed E-state index contributed by atoms with van der Waals surface area (Å²) in [5, 5.41) is 3.26. The van der Waals surface area contributed by atoms with Gasteiger partial charge in [-0.25, -0.2) is 0 Å². The van der Waals surface area contributed by atoms with Gasteiger partial charge in [0.15, 0.2) is 0 Å². The fourth-order valence-corrected chi connectivity index (χ4v) is 1.66. The van der Waals surface area contributed by atoms with Crippen molar-refractivity contribution in [2.45, 2.75) is 26.3 Å². The van der Waals surface area contributed by atoms with E-state index in [0.29, 0.717) is 6.61 Å². The van der Waals surface area contributed by atoms with Crippen molar-refractivity contribution in [2.24, 2.45) is 0 Å². The summed E-state index contributed by atoms with van der Waals surface area (Å²) >= 11 is 0. The zero-order chi connectivity index (χ0) is 10.6. The van der Waals surface area contributed by atoms with Crippen LogP contribution in [0.4, 0.5) is 0 Å². The predicted molar refractivity (Wildman–Crippen MR) is 69.7 cm³/mol. The third-order valence-corrected chi connectivity index (χ3v) is 2.68. The van der Waals surface area contributed by atoms with Crippen molar-refractivity contribution in [1.82, 2.24) is 10.2 Å². The van der Waals surface area contributed by atoms with Crippen LogP contribution in [-0.4, -0.2) is 49.2 Å². The van der Waals surface area contributed by atoms with E-state index in [-0.39, 0.29) is 30.8 Å². The molecule has 0 aromatic rings. The number of carbonyl (C=O) groups is 1. The molecule has 0 aromatic carbocycles. The molecular weight excluding hydrogens is 251 g/mol. The van der Waals surface area contributed by atoms with Crippen LogP contribution in [0.15, 0.2) is 0 Å². The van der Waals surface area contributed by atoms with Crippen LogP contribution < -0.4 is 5.32 Å². The lowest BCUT2D eigenvalue weighted by molar-refractivity contribution is -0.156. The van der Waals surface area contributed by atoms with E-state index in [4.69, 9.17) is 4.74 Å². The lowest BCUT2D eigenvalue weighted by Gasteiger charge is -2.38. The van der Waals surface area contributed by atoms with Gasteiger partial charge < -0.3 is 10.1 Å². The minimum absolute atomic E-state index is 0. The smallest absolute Gasteiger partial charge is 0.325 e. The first-order chi connectivity index (χ1) is 6.59. The first-order valence-electron chi connectivity index (χ1n) is 5.22. The molecule has 0 spiro atoms. The number of hydrogen-bond acceptors (Lipinski definition) is 4. The van der Waals surface area contributed by atoms with E-state index in [0.717, 1.165) is 26.2 Å². The third kappa shape index (κ3) is 4.45. The highest BCUT2D eigenvalue weighted by molar-refractivity contribution is 5.85. The van der Waals surface area contributed by atoms with Crippen molar-refractivity contribution in [3.8, 4) is 0 Å². The van der Waals surface area contributed by atoms with Gasteiger partial charge in [-0.3, -0.25) is 9.69 Å². The zero-order valence-electron chi connectivity index (χ0n) is 10.1. The third-order valence-electron chi connectivity index (χ3n) is 2.68.